The second kappa shape index (κ2) is 4.49. The van der Waals surface area contributed by atoms with Crippen molar-refractivity contribution < 1.29 is 4.74 Å². The van der Waals surface area contributed by atoms with Crippen LogP contribution in [0.4, 0.5) is 5.82 Å². The highest BCUT2D eigenvalue weighted by Crippen LogP contribution is 2.26. The van der Waals surface area contributed by atoms with E-state index in [0.717, 1.165) is 31.7 Å². The van der Waals surface area contributed by atoms with E-state index in [0.29, 0.717) is 5.82 Å². The smallest absolute Gasteiger partial charge is 0.252 e. The molecule has 1 unspecified atom stereocenters. The molecule has 2 heterocycles. The van der Waals surface area contributed by atoms with Gasteiger partial charge in [0, 0.05) is 26.3 Å². The number of anilines is 1. The van der Waals surface area contributed by atoms with Crippen molar-refractivity contribution >= 4 is 5.82 Å². The second-order valence-corrected chi connectivity index (χ2v) is 4.87. The van der Waals surface area contributed by atoms with Crippen LogP contribution in [0.2, 0.25) is 0 Å². The Labute approximate surface area is 101 Å². The summed E-state index contributed by atoms with van der Waals surface area (Å²) in [6.07, 6.45) is 2.10. The van der Waals surface area contributed by atoms with Gasteiger partial charge in [0.1, 0.15) is 11.6 Å². The number of aryl methyl sites for hydroxylation is 1. The zero-order valence-corrected chi connectivity index (χ0v) is 10.6. The quantitative estimate of drug-likeness (QED) is 0.836. The molecule has 17 heavy (non-hydrogen) atoms. The predicted octanol–water partition coefficient (Wildman–Crippen LogP) is 1.08. The Morgan fingerprint density at radius 2 is 2.35 bits per heavy atom. The van der Waals surface area contributed by atoms with Gasteiger partial charge in [0.2, 0.25) is 0 Å². The number of methoxy groups -OCH3 is 1. The number of rotatable bonds is 2. The van der Waals surface area contributed by atoms with Crippen LogP contribution in [0.1, 0.15) is 25.6 Å². The van der Waals surface area contributed by atoms with Gasteiger partial charge in [-0.1, -0.05) is 0 Å². The minimum Gasteiger partial charge on any atom is -0.377 e. The van der Waals surface area contributed by atoms with Gasteiger partial charge in [-0.2, -0.15) is 0 Å². The fourth-order valence-electron chi connectivity index (χ4n) is 2.29. The number of nitrogens with zero attached hydrogens (tertiary/aromatic N) is 2. The third-order valence-corrected chi connectivity index (χ3v) is 3.32. The maximum absolute atomic E-state index is 11.4. The van der Waals surface area contributed by atoms with Crippen LogP contribution in [0.25, 0.3) is 0 Å². The molecule has 1 aliphatic heterocycles. The van der Waals surface area contributed by atoms with E-state index in [9.17, 15) is 4.79 Å². The highest BCUT2D eigenvalue weighted by Gasteiger charge is 2.31. The monoisotopic (exact) mass is 237 g/mol. The maximum Gasteiger partial charge on any atom is 0.252 e. The van der Waals surface area contributed by atoms with E-state index in [2.05, 4.69) is 21.8 Å². The lowest BCUT2D eigenvalue weighted by atomic mass is 9.95. The van der Waals surface area contributed by atoms with E-state index < -0.39 is 0 Å². The summed E-state index contributed by atoms with van der Waals surface area (Å²) in [7, 11) is 1.74. The van der Waals surface area contributed by atoms with Crippen LogP contribution in [0.15, 0.2) is 10.9 Å². The number of aromatic nitrogens is 2. The number of ether oxygens (including phenoxy) is 1. The van der Waals surface area contributed by atoms with Gasteiger partial charge >= 0.3 is 0 Å². The number of H-pyrrole nitrogens is 1. The topological polar surface area (TPSA) is 58.2 Å². The van der Waals surface area contributed by atoms with E-state index >= 15 is 0 Å². The fourth-order valence-corrected chi connectivity index (χ4v) is 2.29. The normalized spacial score (nSPS) is 25.0. The van der Waals surface area contributed by atoms with Gasteiger partial charge in [-0.15, -0.1) is 0 Å². The van der Waals surface area contributed by atoms with Crippen molar-refractivity contribution in [3.8, 4) is 0 Å². The van der Waals surface area contributed by atoms with Gasteiger partial charge in [-0.3, -0.25) is 4.79 Å². The zero-order valence-electron chi connectivity index (χ0n) is 10.6. The summed E-state index contributed by atoms with van der Waals surface area (Å²) >= 11 is 0. The fraction of sp³-hybridized carbons (Fsp3) is 0.667. The van der Waals surface area contributed by atoms with Gasteiger partial charge in [0.05, 0.1) is 5.60 Å². The van der Waals surface area contributed by atoms with Crippen molar-refractivity contribution in [3.63, 3.8) is 0 Å². The molecule has 0 radical (unpaired) electrons. The first kappa shape index (κ1) is 12.1. The molecule has 5 heteroatoms. The van der Waals surface area contributed by atoms with Gasteiger partial charge in [-0.05, 0) is 26.7 Å². The van der Waals surface area contributed by atoms with Crippen LogP contribution >= 0.6 is 0 Å². The third kappa shape index (κ3) is 2.66. The average Bonchev–Trinajstić information content (AvgIpc) is 2.28. The van der Waals surface area contributed by atoms with E-state index in [1.807, 2.05) is 0 Å². The van der Waals surface area contributed by atoms with Crippen molar-refractivity contribution in [1.82, 2.24) is 9.97 Å². The molecular weight excluding hydrogens is 218 g/mol. The van der Waals surface area contributed by atoms with Crippen LogP contribution < -0.4 is 10.5 Å². The van der Waals surface area contributed by atoms with E-state index in [1.165, 1.54) is 0 Å². The lowest BCUT2D eigenvalue weighted by Gasteiger charge is -2.40. The maximum atomic E-state index is 11.4. The Bertz CT molecular complexity index is 457. The molecule has 1 saturated heterocycles. The standard InChI is InChI=1S/C12H19N3O2/c1-9-13-10(7-11(16)14-9)15-6-4-5-12(2,8-15)17-3/h7H,4-6,8H2,1-3H3,(H,13,14,16). The average molecular weight is 237 g/mol. The molecule has 0 amide bonds. The molecule has 1 atom stereocenters. The molecule has 1 N–H and O–H groups in total. The van der Waals surface area contributed by atoms with E-state index in [1.54, 1.807) is 20.1 Å². The summed E-state index contributed by atoms with van der Waals surface area (Å²) in [5.74, 6) is 1.39. The van der Waals surface area contributed by atoms with Crippen molar-refractivity contribution in [2.75, 3.05) is 25.1 Å². The molecule has 0 aromatic carbocycles. The summed E-state index contributed by atoms with van der Waals surface area (Å²) in [6, 6.07) is 1.55. The highest BCUT2D eigenvalue weighted by molar-refractivity contribution is 5.38. The Balaban J connectivity index is 2.25. The summed E-state index contributed by atoms with van der Waals surface area (Å²) in [5.41, 5.74) is -0.242. The highest BCUT2D eigenvalue weighted by atomic mass is 16.5. The number of piperidine rings is 1. The van der Waals surface area contributed by atoms with Crippen LogP contribution in [0.3, 0.4) is 0 Å². The Hall–Kier alpha value is -1.36. The molecule has 0 aliphatic carbocycles. The SMILES string of the molecule is COC1(C)CCCN(c2cc(=O)[nH]c(C)n2)C1. The molecule has 94 valence electrons. The van der Waals surface area contributed by atoms with Crippen LogP contribution in [0, 0.1) is 6.92 Å². The van der Waals surface area contributed by atoms with Crippen LogP contribution in [-0.4, -0.2) is 35.8 Å². The minimum atomic E-state index is -0.142. The van der Waals surface area contributed by atoms with Crippen molar-refractivity contribution in [2.24, 2.45) is 0 Å². The van der Waals surface area contributed by atoms with Crippen molar-refractivity contribution in [3.05, 3.63) is 22.2 Å². The number of hydrogen-bond donors (Lipinski definition) is 1. The summed E-state index contributed by atoms with van der Waals surface area (Å²) < 4.78 is 5.54. The van der Waals surface area contributed by atoms with Crippen LogP contribution in [-0.2, 0) is 4.74 Å². The molecule has 5 nitrogen and oxygen atoms in total. The Morgan fingerprint density at radius 1 is 1.59 bits per heavy atom. The van der Waals surface area contributed by atoms with E-state index in [-0.39, 0.29) is 11.2 Å². The molecule has 2 rings (SSSR count). The van der Waals surface area contributed by atoms with Crippen molar-refractivity contribution in [2.45, 2.75) is 32.3 Å². The molecule has 1 aromatic heterocycles. The number of hydrogen-bond acceptors (Lipinski definition) is 4. The molecule has 1 fully saturated rings. The lowest BCUT2D eigenvalue weighted by molar-refractivity contribution is -0.00483. The molecule has 0 spiro atoms. The zero-order chi connectivity index (χ0) is 12.5. The number of aromatic amines is 1. The lowest BCUT2D eigenvalue weighted by Crippen LogP contribution is -2.48. The van der Waals surface area contributed by atoms with Gasteiger partial charge in [0.15, 0.2) is 0 Å². The molecular formula is C12H19N3O2. The molecule has 0 saturated carbocycles. The van der Waals surface area contributed by atoms with Gasteiger partial charge in [0.25, 0.3) is 5.56 Å². The van der Waals surface area contributed by atoms with Gasteiger partial charge in [-0.25, -0.2) is 4.98 Å². The number of nitrogens with one attached hydrogen (secondary N) is 1. The third-order valence-electron chi connectivity index (χ3n) is 3.32. The molecule has 1 aromatic rings. The largest absolute Gasteiger partial charge is 0.377 e. The summed E-state index contributed by atoms with van der Waals surface area (Å²) in [6.45, 7) is 5.60. The Morgan fingerprint density at radius 3 is 3.00 bits per heavy atom. The van der Waals surface area contributed by atoms with Crippen molar-refractivity contribution in [1.29, 1.82) is 0 Å². The minimum absolute atomic E-state index is 0.0998. The first-order chi connectivity index (χ1) is 8.02. The summed E-state index contributed by atoms with van der Waals surface area (Å²) in [4.78, 5) is 20.6. The van der Waals surface area contributed by atoms with Crippen LogP contribution in [0.5, 0.6) is 0 Å². The van der Waals surface area contributed by atoms with E-state index in [4.69, 9.17) is 4.74 Å². The predicted molar refractivity (Wildman–Crippen MR) is 66.5 cm³/mol. The molecule has 1 aliphatic rings. The molecule has 0 bridgehead atoms. The first-order valence-corrected chi connectivity index (χ1v) is 5.90. The van der Waals surface area contributed by atoms with Gasteiger partial charge < -0.3 is 14.6 Å². The second-order valence-electron chi connectivity index (χ2n) is 4.87. The summed E-state index contributed by atoms with van der Waals surface area (Å²) in [5, 5.41) is 0. The first-order valence-electron chi connectivity index (χ1n) is 5.90. The Kier molecular flexibility index (Phi) is 3.19.